The highest BCUT2D eigenvalue weighted by atomic mass is 31.2. The van der Waals surface area contributed by atoms with Gasteiger partial charge in [0.05, 0.1) is 39.9 Å². The second kappa shape index (κ2) is 26.4. The van der Waals surface area contributed by atoms with Gasteiger partial charge in [-0.2, -0.15) is 0 Å². The predicted molar refractivity (Wildman–Crippen MR) is 173 cm³/mol. The van der Waals surface area contributed by atoms with Gasteiger partial charge >= 0.3 is 0 Å². The van der Waals surface area contributed by atoms with Crippen molar-refractivity contribution in [3.8, 4) is 0 Å². The van der Waals surface area contributed by atoms with Crippen LogP contribution in [0.25, 0.3) is 0 Å². The third-order valence-corrected chi connectivity index (χ3v) is 8.13. The summed E-state index contributed by atoms with van der Waals surface area (Å²) in [4.78, 5) is 24.9. The van der Waals surface area contributed by atoms with E-state index in [1.54, 1.807) is 6.08 Å². The SMILES string of the molecule is CCCC/C=C/CC/C=C/C(O)C(COP(=O)([O-])OCC[N+](C)(C)C)NC(=O)CCCCCCCCCCCCCC. The van der Waals surface area contributed by atoms with Gasteiger partial charge in [-0.05, 0) is 25.7 Å². The van der Waals surface area contributed by atoms with Gasteiger partial charge in [-0.1, -0.05) is 122 Å². The number of hydrogen-bond donors (Lipinski definition) is 2. The van der Waals surface area contributed by atoms with Crippen LogP contribution >= 0.6 is 7.82 Å². The number of phosphoric ester groups is 1. The highest BCUT2D eigenvalue weighted by Gasteiger charge is 2.23. The Morgan fingerprint density at radius 3 is 1.90 bits per heavy atom. The molecule has 0 saturated heterocycles. The first-order chi connectivity index (χ1) is 20.0. The van der Waals surface area contributed by atoms with E-state index < -0.39 is 26.6 Å². The van der Waals surface area contributed by atoms with Gasteiger partial charge in [-0.25, -0.2) is 0 Å². The summed E-state index contributed by atoms with van der Waals surface area (Å²) in [7, 11) is 1.24. The Labute approximate surface area is 258 Å². The maximum Gasteiger partial charge on any atom is 0.268 e. The van der Waals surface area contributed by atoms with E-state index in [0.717, 1.165) is 38.5 Å². The normalized spacial score (nSPS) is 15.3. The molecule has 0 bridgehead atoms. The molecule has 3 atom stereocenters. The van der Waals surface area contributed by atoms with Gasteiger partial charge in [-0.15, -0.1) is 0 Å². The number of rotatable bonds is 29. The molecule has 0 aliphatic heterocycles. The second-order valence-corrected chi connectivity index (χ2v) is 13.9. The summed E-state index contributed by atoms with van der Waals surface area (Å²) < 4.78 is 22.9. The third kappa shape index (κ3) is 27.8. The Hall–Kier alpha value is -1.02. The Balaban J connectivity index is 4.60. The minimum Gasteiger partial charge on any atom is -0.756 e. The maximum absolute atomic E-state index is 12.7. The van der Waals surface area contributed by atoms with Gasteiger partial charge < -0.3 is 28.8 Å². The van der Waals surface area contributed by atoms with E-state index in [-0.39, 0.29) is 12.5 Å². The van der Waals surface area contributed by atoms with Crippen LogP contribution in [0.2, 0.25) is 0 Å². The van der Waals surface area contributed by atoms with Crippen molar-refractivity contribution in [3.05, 3.63) is 24.3 Å². The molecule has 0 rings (SSSR count). The zero-order chi connectivity index (χ0) is 31.5. The number of aliphatic hydroxyl groups is 1. The Bertz CT molecular complexity index is 753. The number of amides is 1. The average molecular weight is 617 g/mol. The molecule has 9 heteroatoms. The number of quaternary nitrogens is 1. The minimum atomic E-state index is -4.57. The van der Waals surface area contributed by atoms with Crippen molar-refractivity contribution >= 4 is 13.7 Å². The molecule has 0 aliphatic rings. The highest BCUT2D eigenvalue weighted by molar-refractivity contribution is 7.45. The zero-order valence-electron chi connectivity index (χ0n) is 27.7. The molecule has 0 radical (unpaired) electrons. The topological polar surface area (TPSA) is 108 Å². The van der Waals surface area contributed by atoms with Crippen LogP contribution in [-0.4, -0.2) is 68.5 Å². The lowest BCUT2D eigenvalue weighted by Gasteiger charge is -2.29. The van der Waals surface area contributed by atoms with Crippen molar-refractivity contribution in [2.45, 2.75) is 142 Å². The minimum absolute atomic E-state index is 0.00546. The molecule has 8 nitrogen and oxygen atoms in total. The summed E-state index contributed by atoms with van der Waals surface area (Å²) in [5, 5.41) is 13.5. The van der Waals surface area contributed by atoms with Crippen LogP contribution in [0.3, 0.4) is 0 Å². The molecule has 0 spiro atoms. The molecule has 0 aromatic rings. The fourth-order valence-corrected chi connectivity index (χ4v) is 5.11. The number of nitrogens with zero attached hydrogens (tertiary/aromatic N) is 1. The standard InChI is InChI=1S/C33H65N2O6P/c1-6-8-10-12-14-16-17-18-19-21-23-25-27-33(37)34-31(30-41-42(38,39)40-29-28-35(3,4)5)32(36)26-24-22-20-15-13-11-9-7-2/h13,15,24,26,31-32,36H,6-12,14,16-23,25,27-30H2,1-5H3,(H-,34,37,38,39)/b15-13+,26-24+. The van der Waals surface area contributed by atoms with Crippen molar-refractivity contribution in [2.75, 3.05) is 40.9 Å². The first-order valence-electron chi connectivity index (χ1n) is 16.7. The van der Waals surface area contributed by atoms with Crippen molar-refractivity contribution in [3.63, 3.8) is 0 Å². The van der Waals surface area contributed by atoms with Gasteiger partial charge in [0.25, 0.3) is 7.82 Å². The summed E-state index contributed by atoms with van der Waals surface area (Å²) in [6.07, 6.45) is 26.6. The number of phosphoric acid groups is 1. The molecule has 248 valence electrons. The number of carbonyl (C=O) groups excluding carboxylic acids is 1. The molecule has 2 N–H and O–H groups in total. The summed E-state index contributed by atoms with van der Waals surface area (Å²) in [6, 6.07) is -0.893. The number of likely N-dealkylation sites (N-methyl/N-ethyl adjacent to an activating group) is 1. The number of aliphatic hydroxyl groups excluding tert-OH is 1. The highest BCUT2D eigenvalue weighted by Crippen LogP contribution is 2.38. The van der Waals surface area contributed by atoms with Crippen LogP contribution in [-0.2, 0) is 18.4 Å². The smallest absolute Gasteiger partial charge is 0.268 e. The molecule has 42 heavy (non-hydrogen) atoms. The summed E-state index contributed by atoms with van der Waals surface area (Å²) >= 11 is 0. The van der Waals surface area contributed by atoms with Crippen molar-refractivity contribution < 1.29 is 32.9 Å². The van der Waals surface area contributed by atoms with Gasteiger partial charge in [0, 0.05) is 6.42 Å². The molecule has 0 fully saturated rings. The number of hydrogen-bond acceptors (Lipinski definition) is 6. The van der Waals surface area contributed by atoms with Gasteiger partial charge in [-0.3, -0.25) is 9.36 Å². The molecule has 0 aromatic carbocycles. The van der Waals surface area contributed by atoms with Crippen LogP contribution in [0.15, 0.2) is 24.3 Å². The van der Waals surface area contributed by atoms with Gasteiger partial charge in [0.1, 0.15) is 13.2 Å². The van der Waals surface area contributed by atoms with Crippen molar-refractivity contribution in [1.29, 1.82) is 0 Å². The Kier molecular flexibility index (Phi) is 25.7. The number of carbonyl (C=O) groups is 1. The Morgan fingerprint density at radius 2 is 1.33 bits per heavy atom. The summed E-state index contributed by atoms with van der Waals surface area (Å²) in [6.45, 7) is 4.50. The molecule has 1 amide bonds. The van der Waals surface area contributed by atoms with Crippen LogP contribution in [0.1, 0.15) is 129 Å². The molecule has 0 aliphatic carbocycles. The largest absolute Gasteiger partial charge is 0.756 e. The van der Waals surface area contributed by atoms with Crippen molar-refractivity contribution in [1.82, 2.24) is 5.32 Å². The predicted octanol–water partition coefficient (Wildman–Crippen LogP) is 7.21. The van der Waals surface area contributed by atoms with E-state index in [9.17, 15) is 19.4 Å². The van der Waals surface area contributed by atoms with E-state index >= 15 is 0 Å². The molecule has 3 unspecified atom stereocenters. The van der Waals surface area contributed by atoms with E-state index in [2.05, 4.69) is 31.3 Å². The lowest BCUT2D eigenvalue weighted by Crippen LogP contribution is -2.45. The number of unbranched alkanes of at least 4 members (excludes halogenated alkanes) is 14. The van der Waals surface area contributed by atoms with Crippen LogP contribution in [0, 0.1) is 0 Å². The van der Waals surface area contributed by atoms with Gasteiger partial charge in [0.2, 0.25) is 5.91 Å². The zero-order valence-corrected chi connectivity index (χ0v) is 28.6. The molecular formula is C33H65N2O6P. The molecule has 0 saturated carbocycles. The maximum atomic E-state index is 12.7. The fourth-order valence-electron chi connectivity index (χ4n) is 4.39. The monoisotopic (exact) mass is 616 g/mol. The van der Waals surface area contributed by atoms with Crippen LogP contribution < -0.4 is 10.2 Å². The third-order valence-electron chi connectivity index (χ3n) is 7.16. The number of allylic oxidation sites excluding steroid dienone is 3. The first kappa shape index (κ1) is 41.0. The lowest BCUT2D eigenvalue weighted by atomic mass is 10.0. The average Bonchev–Trinajstić information content (AvgIpc) is 2.92. The summed E-state index contributed by atoms with van der Waals surface area (Å²) in [5.74, 6) is -0.214. The number of nitrogens with one attached hydrogen (secondary N) is 1. The van der Waals surface area contributed by atoms with Crippen LogP contribution in [0.4, 0.5) is 0 Å². The van der Waals surface area contributed by atoms with E-state index in [1.165, 1.54) is 70.6 Å². The van der Waals surface area contributed by atoms with E-state index in [1.807, 2.05) is 27.2 Å². The lowest BCUT2D eigenvalue weighted by molar-refractivity contribution is -0.870. The first-order valence-corrected chi connectivity index (χ1v) is 18.2. The molecule has 0 heterocycles. The Morgan fingerprint density at radius 1 is 0.810 bits per heavy atom. The van der Waals surface area contributed by atoms with Crippen LogP contribution in [0.5, 0.6) is 0 Å². The van der Waals surface area contributed by atoms with Gasteiger partial charge in [0.15, 0.2) is 0 Å². The van der Waals surface area contributed by atoms with E-state index in [0.29, 0.717) is 17.4 Å². The second-order valence-electron chi connectivity index (χ2n) is 12.5. The molecular weight excluding hydrogens is 551 g/mol. The summed E-state index contributed by atoms with van der Waals surface area (Å²) in [5.41, 5.74) is 0. The molecule has 0 aromatic heterocycles. The fraction of sp³-hybridized carbons (Fsp3) is 0.848. The van der Waals surface area contributed by atoms with Crippen molar-refractivity contribution in [2.24, 2.45) is 0 Å². The van der Waals surface area contributed by atoms with E-state index in [4.69, 9.17) is 9.05 Å². The quantitative estimate of drug-likeness (QED) is 0.0398.